The number of nitrogens with two attached hydrogens (primary N) is 1. The van der Waals surface area contributed by atoms with Crippen LogP contribution in [0.2, 0.25) is 0 Å². The fourth-order valence-corrected chi connectivity index (χ4v) is 0.302. The Labute approximate surface area is 39.9 Å². The van der Waals surface area contributed by atoms with Crippen molar-refractivity contribution in [2.24, 2.45) is 11.0 Å². The number of amides is 1. The molecule has 0 aromatic rings. The SMILES string of the molecule is N[N+]1=NC=CC1=O. The summed E-state index contributed by atoms with van der Waals surface area (Å²) in [4.78, 5) is 11.0. The molecule has 4 heteroatoms. The van der Waals surface area contributed by atoms with Gasteiger partial charge in [0.25, 0.3) is 0 Å². The largest absolute Gasteiger partial charge is 0.467 e. The first-order valence-corrected chi connectivity index (χ1v) is 1.77. The summed E-state index contributed by atoms with van der Waals surface area (Å²) in [7, 11) is 0. The van der Waals surface area contributed by atoms with Gasteiger partial charge in [-0.1, -0.05) is 0 Å². The molecular formula is C3H4N3O+. The van der Waals surface area contributed by atoms with Crippen LogP contribution in [0.3, 0.4) is 0 Å². The number of hydrazine groups is 1. The van der Waals surface area contributed by atoms with E-state index in [0.29, 0.717) is 0 Å². The molecular weight excluding hydrogens is 94.1 g/mol. The Bertz CT molecular complexity index is 158. The molecule has 0 radical (unpaired) electrons. The molecule has 0 saturated carbocycles. The number of rotatable bonds is 0. The van der Waals surface area contributed by atoms with Gasteiger partial charge in [-0.3, -0.25) is 0 Å². The highest BCUT2D eigenvalue weighted by atomic mass is 16.2. The van der Waals surface area contributed by atoms with Crippen LogP contribution in [0.4, 0.5) is 0 Å². The van der Waals surface area contributed by atoms with E-state index in [-0.39, 0.29) is 5.91 Å². The van der Waals surface area contributed by atoms with Gasteiger partial charge < -0.3 is 0 Å². The van der Waals surface area contributed by atoms with E-state index in [0.717, 1.165) is 4.81 Å². The second kappa shape index (κ2) is 1.14. The third kappa shape index (κ3) is 0.489. The summed E-state index contributed by atoms with van der Waals surface area (Å²) in [6.45, 7) is 0. The minimum Gasteiger partial charge on any atom is -0.209 e. The van der Waals surface area contributed by atoms with Crippen molar-refractivity contribution in [2.75, 3.05) is 0 Å². The molecule has 0 unspecified atom stereocenters. The van der Waals surface area contributed by atoms with Gasteiger partial charge in [0.05, 0.1) is 10.9 Å². The summed E-state index contributed by atoms with van der Waals surface area (Å²) in [5.74, 6) is 4.66. The maximum atomic E-state index is 10.2. The number of nitrogens with zero attached hydrogens (tertiary/aromatic N) is 2. The van der Waals surface area contributed by atoms with E-state index in [1.807, 2.05) is 0 Å². The molecule has 0 fully saturated rings. The minimum absolute atomic E-state index is 0.278. The Morgan fingerprint density at radius 3 is 2.71 bits per heavy atom. The molecule has 1 rings (SSSR count). The zero-order valence-corrected chi connectivity index (χ0v) is 3.53. The fraction of sp³-hybridized carbons (Fsp3) is 0. The van der Waals surface area contributed by atoms with Crippen molar-refractivity contribution in [3.63, 3.8) is 0 Å². The van der Waals surface area contributed by atoms with Gasteiger partial charge in [-0.25, -0.2) is 4.79 Å². The first-order valence-electron chi connectivity index (χ1n) is 1.77. The van der Waals surface area contributed by atoms with Crippen molar-refractivity contribution in [1.29, 1.82) is 0 Å². The molecule has 0 atom stereocenters. The molecule has 1 heterocycles. The highest BCUT2D eigenvalue weighted by Crippen LogP contribution is 1.87. The van der Waals surface area contributed by atoms with E-state index >= 15 is 0 Å². The van der Waals surface area contributed by atoms with Gasteiger partial charge in [0.1, 0.15) is 6.20 Å². The molecule has 1 amide bonds. The Balaban J connectivity index is 2.89. The maximum Gasteiger partial charge on any atom is 0.467 e. The van der Waals surface area contributed by atoms with Gasteiger partial charge in [-0.15, -0.1) is 0 Å². The number of azo groups is 1. The second-order valence-corrected chi connectivity index (χ2v) is 1.11. The first-order chi connectivity index (χ1) is 3.30. The number of carbonyl (C=O) groups is 1. The van der Waals surface area contributed by atoms with Gasteiger partial charge in [0.2, 0.25) is 0 Å². The first kappa shape index (κ1) is 3.98. The molecule has 0 aliphatic carbocycles. The van der Waals surface area contributed by atoms with Crippen molar-refractivity contribution in [3.8, 4) is 0 Å². The normalized spacial score (nSPS) is 17.7. The summed E-state index contributed by atoms with van der Waals surface area (Å²) in [6.07, 6.45) is 2.64. The average Bonchev–Trinajstić information content (AvgIpc) is 1.91. The molecule has 0 spiro atoms. The molecule has 0 aromatic carbocycles. The van der Waals surface area contributed by atoms with Crippen LogP contribution < -0.4 is 5.84 Å². The predicted molar refractivity (Wildman–Crippen MR) is 21.0 cm³/mol. The summed E-state index contributed by atoms with van der Waals surface area (Å²) in [6, 6.07) is 0. The van der Waals surface area contributed by atoms with E-state index < -0.39 is 0 Å². The lowest BCUT2D eigenvalue weighted by molar-refractivity contribution is -0.513. The maximum absolute atomic E-state index is 10.2. The Morgan fingerprint density at radius 2 is 2.57 bits per heavy atom. The van der Waals surface area contributed by atoms with Gasteiger partial charge in [0, 0.05) is 5.11 Å². The number of hydrogen-bond acceptors (Lipinski definition) is 3. The summed E-state index contributed by atoms with van der Waals surface area (Å²) in [5.41, 5.74) is 0. The Hall–Kier alpha value is -1.19. The van der Waals surface area contributed by atoms with Crippen LogP contribution in [0.25, 0.3) is 0 Å². The van der Waals surface area contributed by atoms with Gasteiger partial charge in [-0.05, 0) is 0 Å². The van der Waals surface area contributed by atoms with Crippen LogP contribution >= 0.6 is 0 Å². The molecule has 0 saturated heterocycles. The number of carbonyl (C=O) groups excluding carboxylic acids is 1. The van der Waals surface area contributed by atoms with Crippen LogP contribution in [0, 0.1) is 0 Å². The van der Waals surface area contributed by atoms with Crippen molar-refractivity contribution < 1.29 is 9.60 Å². The molecule has 1 aliphatic heterocycles. The highest BCUT2D eigenvalue weighted by Gasteiger charge is 2.15. The quantitative estimate of drug-likeness (QED) is 0.249. The lowest BCUT2D eigenvalue weighted by Gasteiger charge is -1.69. The van der Waals surface area contributed by atoms with E-state index in [1.54, 1.807) is 0 Å². The minimum atomic E-state index is -0.278. The van der Waals surface area contributed by atoms with E-state index in [4.69, 9.17) is 5.84 Å². The third-order valence-electron chi connectivity index (χ3n) is 0.634. The summed E-state index contributed by atoms with van der Waals surface area (Å²) < 4.78 is 0. The standard InChI is InChI=1S/C3H3N3O/c4-6-3(7)1-2-5-6/h1-2H,(H-,4,5,7)/p+1. The van der Waals surface area contributed by atoms with Gasteiger partial charge >= 0.3 is 5.91 Å². The van der Waals surface area contributed by atoms with Crippen molar-refractivity contribution in [2.45, 2.75) is 0 Å². The topological polar surface area (TPSA) is 58.5 Å². The molecule has 0 bridgehead atoms. The molecule has 1 aliphatic rings. The lowest BCUT2D eigenvalue weighted by Crippen LogP contribution is -2.20. The van der Waals surface area contributed by atoms with Crippen molar-refractivity contribution in [1.82, 2.24) is 0 Å². The smallest absolute Gasteiger partial charge is 0.209 e. The Kier molecular flexibility index (Phi) is 0.651. The van der Waals surface area contributed by atoms with Crippen LogP contribution in [-0.2, 0) is 4.79 Å². The van der Waals surface area contributed by atoms with E-state index in [1.165, 1.54) is 12.3 Å². The Morgan fingerprint density at radius 1 is 1.86 bits per heavy atom. The fourth-order valence-electron chi connectivity index (χ4n) is 0.302. The molecule has 7 heavy (non-hydrogen) atoms. The van der Waals surface area contributed by atoms with Crippen LogP contribution in [0.1, 0.15) is 0 Å². The zero-order chi connectivity index (χ0) is 5.28. The second-order valence-electron chi connectivity index (χ2n) is 1.11. The van der Waals surface area contributed by atoms with E-state index in [2.05, 4.69) is 5.11 Å². The lowest BCUT2D eigenvalue weighted by atomic mass is 10.6. The highest BCUT2D eigenvalue weighted by molar-refractivity contribution is 5.80. The van der Waals surface area contributed by atoms with Crippen LogP contribution in [0.15, 0.2) is 17.4 Å². The monoisotopic (exact) mass is 98.0 g/mol. The summed E-state index contributed by atoms with van der Waals surface area (Å²) >= 11 is 0. The van der Waals surface area contributed by atoms with E-state index in [9.17, 15) is 4.79 Å². The van der Waals surface area contributed by atoms with Gasteiger partial charge in [0.15, 0.2) is 0 Å². The number of hydrogen-bond donors (Lipinski definition) is 1. The van der Waals surface area contributed by atoms with Crippen LogP contribution in [0.5, 0.6) is 0 Å². The van der Waals surface area contributed by atoms with Crippen LogP contribution in [-0.4, -0.2) is 10.7 Å². The average molecular weight is 98.1 g/mol. The predicted octanol–water partition coefficient (Wildman–Crippen LogP) is -0.621. The van der Waals surface area contributed by atoms with Crippen molar-refractivity contribution >= 4 is 5.91 Å². The molecule has 36 valence electrons. The zero-order valence-electron chi connectivity index (χ0n) is 3.53. The van der Waals surface area contributed by atoms with Gasteiger partial charge in [-0.2, -0.15) is 5.84 Å². The molecule has 0 aromatic heterocycles. The summed E-state index contributed by atoms with van der Waals surface area (Å²) in [5, 5.41) is 3.40. The van der Waals surface area contributed by atoms with Crippen molar-refractivity contribution in [3.05, 3.63) is 12.3 Å². The molecule has 4 nitrogen and oxygen atoms in total. The third-order valence-corrected chi connectivity index (χ3v) is 0.634. The molecule has 2 N–H and O–H groups in total.